The minimum Gasteiger partial charge on any atom is -0.494 e. The number of methoxy groups -OCH3 is 1. The molecule has 0 spiro atoms. The van der Waals surface area contributed by atoms with Crippen molar-refractivity contribution in [1.29, 1.82) is 0 Å². The molecular formula is C22H19FN2O3. The van der Waals surface area contributed by atoms with Crippen LogP contribution in [-0.4, -0.2) is 25.8 Å². The van der Waals surface area contributed by atoms with Gasteiger partial charge in [0.25, 0.3) is 5.91 Å². The maximum atomic E-state index is 12.9. The first-order valence-corrected chi connectivity index (χ1v) is 8.59. The lowest BCUT2D eigenvalue weighted by molar-refractivity contribution is -0.118. The van der Waals surface area contributed by atoms with Gasteiger partial charge in [0.2, 0.25) is 0 Å². The molecule has 6 heteroatoms. The second-order valence-electron chi connectivity index (χ2n) is 5.84. The van der Waals surface area contributed by atoms with Gasteiger partial charge in [0.05, 0.1) is 7.11 Å². The molecule has 142 valence electrons. The number of anilines is 1. The van der Waals surface area contributed by atoms with Crippen LogP contribution in [0.5, 0.6) is 11.5 Å². The summed E-state index contributed by atoms with van der Waals surface area (Å²) in [5.74, 6) is 0.576. The molecule has 3 aromatic rings. The van der Waals surface area contributed by atoms with Gasteiger partial charge in [-0.3, -0.25) is 9.79 Å². The average Bonchev–Trinajstić information content (AvgIpc) is 2.73. The Morgan fingerprint density at radius 3 is 2.46 bits per heavy atom. The maximum Gasteiger partial charge on any atom is 0.262 e. The molecule has 0 unspecified atom stereocenters. The summed E-state index contributed by atoms with van der Waals surface area (Å²) in [5.41, 5.74) is 2.13. The molecule has 0 fully saturated rings. The van der Waals surface area contributed by atoms with Gasteiger partial charge in [-0.05, 0) is 66.2 Å². The molecule has 0 aliphatic carbocycles. The molecule has 0 bridgehead atoms. The third-order valence-electron chi connectivity index (χ3n) is 3.82. The lowest BCUT2D eigenvalue weighted by atomic mass is 10.2. The number of carbonyl (C=O) groups excluding carboxylic acids is 1. The van der Waals surface area contributed by atoms with Gasteiger partial charge >= 0.3 is 0 Å². The number of para-hydroxylation sites is 2. The minimum absolute atomic E-state index is 0.147. The first-order valence-electron chi connectivity index (χ1n) is 8.59. The van der Waals surface area contributed by atoms with Crippen LogP contribution in [0.15, 0.2) is 77.8 Å². The number of aliphatic imine (C=N–C) groups is 1. The van der Waals surface area contributed by atoms with E-state index in [9.17, 15) is 9.18 Å². The summed E-state index contributed by atoms with van der Waals surface area (Å²) >= 11 is 0. The van der Waals surface area contributed by atoms with E-state index in [2.05, 4.69) is 10.3 Å². The molecule has 1 amide bonds. The second-order valence-corrected chi connectivity index (χ2v) is 5.84. The van der Waals surface area contributed by atoms with Crippen LogP contribution in [0.25, 0.3) is 0 Å². The average molecular weight is 378 g/mol. The molecule has 0 heterocycles. The molecule has 3 aromatic carbocycles. The third kappa shape index (κ3) is 5.41. The van der Waals surface area contributed by atoms with Gasteiger partial charge in [0, 0.05) is 11.9 Å². The SMILES string of the molecule is COc1ccccc1N=Cc1ccc(OCC(=O)Nc2ccc(F)cc2)cc1. The van der Waals surface area contributed by atoms with E-state index < -0.39 is 0 Å². The number of halogens is 1. The van der Waals surface area contributed by atoms with E-state index in [-0.39, 0.29) is 18.3 Å². The number of nitrogens with one attached hydrogen (secondary N) is 1. The Kier molecular flexibility index (Phi) is 6.36. The first kappa shape index (κ1) is 19.1. The van der Waals surface area contributed by atoms with Crippen LogP contribution >= 0.6 is 0 Å². The molecule has 28 heavy (non-hydrogen) atoms. The Balaban J connectivity index is 1.53. The predicted octanol–water partition coefficient (Wildman–Crippen LogP) is 4.60. The second kappa shape index (κ2) is 9.32. The van der Waals surface area contributed by atoms with Crippen molar-refractivity contribution in [2.75, 3.05) is 19.0 Å². The summed E-state index contributed by atoms with van der Waals surface area (Å²) in [6.45, 7) is -0.147. The standard InChI is InChI=1S/C22H19FN2O3/c1-27-21-5-3-2-4-20(21)24-14-16-6-12-19(13-7-16)28-15-22(26)25-18-10-8-17(23)9-11-18/h2-14H,15H2,1H3,(H,25,26). The largest absolute Gasteiger partial charge is 0.494 e. The van der Waals surface area contributed by atoms with Gasteiger partial charge < -0.3 is 14.8 Å². The number of hydrogen-bond acceptors (Lipinski definition) is 4. The van der Waals surface area contributed by atoms with Crippen molar-refractivity contribution in [3.05, 3.63) is 84.2 Å². The number of rotatable bonds is 7. The topological polar surface area (TPSA) is 59.9 Å². The van der Waals surface area contributed by atoms with Gasteiger partial charge in [-0.2, -0.15) is 0 Å². The van der Waals surface area contributed by atoms with Crippen molar-refractivity contribution in [2.45, 2.75) is 0 Å². The van der Waals surface area contributed by atoms with Crippen LogP contribution in [0.1, 0.15) is 5.56 Å². The monoisotopic (exact) mass is 378 g/mol. The number of ether oxygens (including phenoxy) is 2. The fraction of sp³-hybridized carbons (Fsp3) is 0.0909. The highest BCUT2D eigenvalue weighted by atomic mass is 19.1. The van der Waals surface area contributed by atoms with Gasteiger partial charge in [-0.1, -0.05) is 12.1 Å². The summed E-state index contributed by atoms with van der Waals surface area (Å²) in [4.78, 5) is 16.3. The molecule has 0 saturated carbocycles. The molecule has 0 aromatic heterocycles. The van der Waals surface area contributed by atoms with Gasteiger partial charge in [-0.15, -0.1) is 0 Å². The Bertz CT molecular complexity index is 954. The lowest BCUT2D eigenvalue weighted by Gasteiger charge is -2.08. The molecular weight excluding hydrogens is 359 g/mol. The predicted molar refractivity (Wildman–Crippen MR) is 107 cm³/mol. The number of benzene rings is 3. The van der Waals surface area contributed by atoms with Crippen molar-refractivity contribution < 1.29 is 18.7 Å². The molecule has 0 saturated heterocycles. The highest BCUT2D eigenvalue weighted by Gasteiger charge is 2.04. The summed E-state index contributed by atoms with van der Waals surface area (Å²) in [7, 11) is 1.60. The zero-order chi connectivity index (χ0) is 19.8. The van der Waals surface area contributed by atoms with E-state index in [1.807, 2.05) is 36.4 Å². The Labute approximate surface area is 162 Å². The molecule has 3 rings (SSSR count). The van der Waals surface area contributed by atoms with Crippen LogP contribution in [0.2, 0.25) is 0 Å². The van der Waals surface area contributed by atoms with Gasteiger partial charge in [-0.25, -0.2) is 4.39 Å². The number of amides is 1. The van der Waals surface area contributed by atoms with Gasteiger partial charge in [0.1, 0.15) is 23.0 Å². The first-order chi connectivity index (χ1) is 13.6. The van der Waals surface area contributed by atoms with E-state index in [0.29, 0.717) is 17.2 Å². The van der Waals surface area contributed by atoms with Crippen LogP contribution in [-0.2, 0) is 4.79 Å². The van der Waals surface area contributed by atoms with Crippen LogP contribution in [0.4, 0.5) is 15.8 Å². The van der Waals surface area contributed by atoms with Crippen LogP contribution < -0.4 is 14.8 Å². The zero-order valence-electron chi connectivity index (χ0n) is 15.3. The van der Waals surface area contributed by atoms with Crippen molar-refractivity contribution in [1.82, 2.24) is 0 Å². The third-order valence-corrected chi connectivity index (χ3v) is 3.82. The van der Waals surface area contributed by atoms with Crippen molar-refractivity contribution in [3.8, 4) is 11.5 Å². The minimum atomic E-state index is -0.358. The maximum absolute atomic E-state index is 12.9. The van der Waals surface area contributed by atoms with E-state index in [1.54, 1.807) is 25.5 Å². The summed E-state index contributed by atoms with van der Waals surface area (Å²) in [5, 5.41) is 2.64. The molecule has 0 atom stereocenters. The smallest absolute Gasteiger partial charge is 0.262 e. The van der Waals surface area contributed by atoms with E-state index in [1.165, 1.54) is 24.3 Å². The Morgan fingerprint density at radius 2 is 1.75 bits per heavy atom. The molecule has 0 aliphatic rings. The number of hydrogen-bond donors (Lipinski definition) is 1. The summed E-state index contributed by atoms with van der Waals surface area (Å²) in [6, 6.07) is 20.2. The number of nitrogens with zero attached hydrogens (tertiary/aromatic N) is 1. The van der Waals surface area contributed by atoms with Crippen molar-refractivity contribution >= 4 is 23.5 Å². The molecule has 0 aliphatic heterocycles. The highest BCUT2D eigenvalue weighted by molar-refractivity contribution is 5.91. The molecule has 5 nitrogen and oxygen atoms in total. The highest BCUT2D eigenvalue weighted by Crippen LogP contribution is 2.26. The van der Waals surface area contributed by atoms with E-state index in [0.717, 1.165) is 11.3 Å². The van der Waals surface area contributed by atoms with Crippen molar-refractivity contribution in [2.24, 2.45) is 4.99 Å². The Hall–Kier alpha value is -3.67. The lowest BCUT2D eigenvalue weighted by Crippen LogP contribution is -2.20. The summed E-state index contributed by atoms with van der Waals surface area (Å²) in [6.07, 6.45) is 1.73. The molecule has 1 N–H and O–H groups in total. The van der Waals surface area contributed by atoms with Crippen LogP contribution in [0, 0.1) is 5.82 Å². The number of carbonyl (C=O) groups is 1. The van der Waals surface area contributed by atoms with E-state index >= 15 is 0 Å². The van der Waals surface area contributed by atoms with Crippen molar-refractivity contribution in [3.63, 3.8) is 0 Å². The Morgan fingerprint density at radius 1 is 1.04 bits per heavy atom. The normalized spacial score (nSPS) is 10.6. The van der Waals surface area contributed by atoms with E-state index in [4.69, 9.17) is 9.47 Å². The zero-order valence-corrected chi connectivity index (χ0v) is 15.3. The van der Waals surface area contributed by atoms with Crippen LogP contribution in [0.3, 0.4) is 0 Å². The quantitative estimate of drug-likeness (QED) is 0.611. The van der Waals surface area contributed by atoms with Gasteiger partial charge in [0.15, 0.2) is 6.61 Å². The molecule has 0 radical (unpaired) electrons. The summed E-state index contributed by atoms with van der Waals surface area (Å²) < 4.78 is 23.6. The fourth-order valence-electron chi connectivity index (χ4n) is 2.41. The fourth-order valence-corrected chi connectivity index (χ4v) is 2.41.